The third kappa shape index (κ3) is 3.05. The molecule has 21 heavy (non-hydrogen) atoms. The molecule has 4 heteroatoms. The topological polar surface area (TPSA) is 47.0 Å². The average molecular weight is 289 g/mol. The van der Waals surface area contributed by atoms with E-state index in [9.17, 15) is 0 Å². The second kappa shape index (κ2) is 6.30. The van der Waals surface area contributed by atoms with Crippen LogP contribution in [0.15, 0.2) is 0 Å². The summed E-state index contributed by atoms with van der Waals surface area (Å²) in [5.41, 5.74) is 2.32. The Labute approximate surface area is 127 Å². The van der Waals surface area contributed by atoms with E-state index in [2.05, 4.69) is 19.2 Å². The summed E-state index contributed by atoms with van der Waals surface area (Å²) in [5, 5.41) is 3.52. The van der Waals surface area contributed by atoms with Gasteiger partial charge in [-0.2, -0.15) is 0 Å². The molecule has 2 heterocycles. The van der Waals surface area contributed by atoms with Gasteiger partial charge in [0.15, 0.2) is 5.82 Å². The Kier molecular flexibility index (Phi) is 4.43. The fourth-order valence-electron chi connectivity index (χ4n) is 3.35. The number of aryl methyl sites for hydroxylation is 1. The van der Waals surface area contributed by atoms with Gasteiger partial charge in [0.2, 0.25) is 0 Å². The number of hydrogen-bond donors (Lipinski definition) is 1. The van der Waals surface area contributed by atoms with E-state index in [4.69, 9.17) is 14.7 Å². The molecule has 0 saturated carbocycles. The van der Waals surface area contributed by atoms with Gasteiger partial charge in [-0.3, -0.25) is 0 Å². The van der Waals surface area contributed by atoms with Crippen molar-refractivity contribution in [2.24, 2.45) is 0 Å². The van der Waals surface area contributed by atoms with Gasteiger partial charge in [-0.1, -0.05) is 13.3 Å². The number of anilines is 1. The van der Waals surface area contributed by atoms with E-state index in [1.807, 2.05) is 0 Å². The van der Waals surface area contributed by atoms with Gasteiger partial charge in [0.1, 0.15) is 11.4 Å². The predicted molar refractivity (Wildman–Crippen MR) is 84.6 cm³/mol. The fourth-order valence-corrected chi connectivity index (χ4v) is 3.35. The second-order valence-electron chi connectivity index (χ2n) is 6.49. The molecule has 116 valence electrons. The van der Waals surface area contributed by atoms with Crippen LogP contribution in [0, 0.1) is 0 Å². The zero-order chi connectivity index (χ0) is 14.7. The van der Waals surface area contributed by atoms with Gasteiger partial charge in [0.25, 0.3) is 0 Å². The molecule has 0 bridgehead atoms. The highest BCUT2D eigenvalue weighted by molar-refractivity contribution is 5.48. The Morgan fingerprint density at radius 2 is 2.00 bits per heavy atom. The van der Waals surface area contributed by atoms with Gasteiger partial charge < -0.3 is 10.1 Å². The van der Waals surface area contributed by atoms with Crippen molar-refractivity contribution < 1.29 is 4.74 Å². The maximum atomic E-state index is 5.96. The third-order valence-electron chi connectivity index (χ3n) is 4.67. The number of ether oxygens (including phenoxy) is 1. The summed E-state index contributed by atoms with van der Waals surface area (Å²) in [6, 6.07) is 0. The number of nitrogens with one attached hydrogen (secondary N) is 1. The maximum absolute atomic E-state index is 5.96. The first-order chi connectivity index (χ1) is 10.2. The lowest BCUT2D eigenvalue weighted by molar-refractivity contribution is 0.00923. The van der Waals surface area contributed by atoms with Gasteiger partial charge in [0.05, 0.1) is 0 Å². The number of hydrogen-bond acceptors (Lipinski definition) is 4. The molecule has 0 amide bonds. The highest BCUT2D eigenvalue weighted by Gasteiger charge is 2.36. The Balaban J connectivity index is 1.99. The van der Waals surface area contributed by atoms with Crippen molar-refractivity contribution in [1.29, 1.82) is 0 Å². The summed E-state index contributed by atoms with van der Waals surface area (Å²) in [4.78, 5) is 9.79. The van der Waals surface area contributed by atoms with Crippen molar-refractivity contribution in [1.82, 2.24) is 9.97 Å². The van der Waals surface area contributed by atoms with E-state index >= 15 is 0 Å². The van der Waals surface area contributed by atoms with Gasteiger partial charge in [-0.15, -0.1) is 0 Å². The maximum Gasteiger partial charge on any atom is 0.162 e. The van der Waals surface area contributed by atoms with Crippen LogP contribution in [0.4, 0.5) is 5.82 Å². The van der Waals surface area contributed by atoms with E-state index < -0.39 is 0 Å². The summed E-state index contributed by atoms with van der Waals surface area (Å²) < 4.78 is 5.96. The molecule has 0 radical (unpaired) electrons. The molecule has 0 spiro atoms. The molecular formula is C17H27N3O. The number of fused-ring (bicyclic) bond motifs is 1. The third-order valence-corrected chi connectivity index (χ3v) is 4.67. The highest BCUT2D eigenvalue weighted by atomic mass is 16.5. The van der Waals surface area contributed by atoms with Crippen molar-refractivity contribution in [3.63, 3.8) is 0 Å². The van der Waals surface area contributed by atoms with E-state index in [0.717, 1.165) is 56.9 Å². The summed E-state index contributed by atoms with van der Waals surface area (Å²) in [6.07, 6.45) is 9.24. The van der Waals surface area contributed by atoms with Crippen LogP contribution < -0.4 is 5.32 Å². The van der Waals surface area contributed by atoms with E-state index in [1.54, 1.807) is 0 Å². The number of rotatable bonds is 4. The molecule has 1 aromatic rings. The van der Waals surface area contributed by atoms with Gasteiger partial charge >= 0.3 is 0 Å². The molecule has 1 saturated heterocycles. The molecule has 1 aromatic heterocycles. The highest BCUT2D eigenvalue weighted by Crippen LogP contribution is 2.36. The molecule has 4 nitrogen and oxygen atoms in total. The SMILES string of the molecule is CCCNc1nc(C2(C)CCCO2)nc2c1CCCCC2. The number of aromatic nitrogens is 2. The molecule has 1 atom stereocenters. The van der Waals surface area contributed by atoms with E-state index in [0.29, 0.717) is 0 Å². The van der Waals surface area contributed by atoms with Crippen LogP contribution in [0.25, 0.3) is 0 Å². The van der Waals surface area contributed by atoms with Crippen LogP contribution in [0.3, 0.4) is 0 Å². The van der Waals surface area contributed by atoms with Crippen molar-refractivity contribution >= 4 is 5.82 Å². The minimum absolute atomic E-state index is 0.288. The molecular weight excluding hydrogens is 262 g/mol. The summed E-state index contributed by atoms with van der Waals surface area (Å²) in [5.74, 6) is 1.95. The molecule has 1 N–H and O–H groups in total. The van der Waals surface area contributed by atoms with Crippen LogP contribution in [0.2, 0.25) is 0 Å². The first-order valence-corrected chi connectivity index (χ1v) is 8.51. The quantitative estimate of drug-likeness (QED) is 0.860. The zero-order valence-corrected chi connectivity index (χ0v) is 13.4. The lowest BCUT2D eigenvalue weighted by Crippen LogP contribution is -2.25. The molecule has 1 aliphatic heterocycles. The first-order valence-electron chi connectivity index (χ1n) is 8.51. The predicted octanol–water partition coefficient (Wildman–Crippen LogP) is 3.59. The Bertz CT molecular complexity index is 495. The summed E-state index contributed by atoms with van der Waals surface area (Å²) in [7, 11) is 0. The Morgan fingerprint density at radius 1 is 1.14 bits per heavy atom. The van der Waals surface area contributed by atoms with E-state index in [1.165, 1.54) is 30.5 Å². The summed E-state index contributed by atoms with van der Waals surface area (Å²) in [6.45, 7) is 6.13. The monoisotopic (exact) mass is 289 g/mol. The van der Waals surface area contributed by atoms with Crippen molar-refractivity contribution in [2.45, 2.75) is 70.8 Å². The lowest BCUT2D eigenvalue weighted by atomic mass is 10.0. The smallest absolute Gasteiger partial charge is 0.162 e. The molecule has 1 unspecified atom stereocenters. The van der Waals surface area contributed by atoms with Crippen molar-refractivity contribution in [2.75, 3.05) is 18.5 Å². The van der Waals surface area contributed by atoms with E-state index in [-0.39, 0.29) is 5.60 Å². The molecule has 2 aliphatic rings. The van der Waals surface area contributed by atoms with Crippen LogP contribution in [0.1, 0.15) is 69.5 Å². The van der Waals surface area contributed by atoms with Gasteiger partial charge in [-0.25, -0.2) is 9.97 Å². The number of nitrogens with zero attached hydrogens (tertiary/aromatic N) is 2. The van der Waals surface area contributed by atoms with Crippen LogP contribution in [-0.2, 0) is 23.2 Å². The molecule has 3 rings (SSSR count). The minimum Gasteiger partial charge on any atom is -0.370 e. The second-order valence-corrected chi connectivity index (χ2v) is 6.49. The van der Waals surface area contributed by atoms with Gasteiger partial charge in [0, 0.05) is 24.4 Å². The van der Waals surface area contributed by atoms with Crippen LogP contribution in [-0.4, -0.2) is 23.1 Å². The largest absolute Gasteiger partial charge is 0.370 e. The fraction of sp³-hybridized carbons (Fsp3) is 0.765. The Morgan fingerprint density at radius 3 is 2.76 bits per heavy atom. The normalized spacial score (nSPS) is 25.4. The summed E-state index contributed by atoms with van der Waals surface area (Å²) >= 11 is 0. The standard InChI is InChI=1S/C17H27N3O/c1-3-11-18-15-13-8-5-4-6-9-14(13)19-16(20-15)17(2)10-7-12-21-17/h3-12H2,1-2H3,(H,18,19,20). The first kappa shape index (κ1) is 14.8. The Hall–Kier alpha value is -1.16. The lowest BCUT2D eigenvalue weighted by Gasteiger charge is -2.24. The van der Waals surface area contributed by atoms with Gasteiger partial charge in [-0.05, 0) is 51.9 Å². The average Bonchev–Trinajstić information content (AvgIpc) is 2.80. The zero-order valence-electron chi connectivity index (χ0n) is 13.4. The van der Waals surface area contributed by atoms with Crippen LogP contribution in [0.5, 0.6) is 0 Å². The van der Waals surface area contributed by atoms with Crippen LogP contribution >= 0.6 is 0 Å². The van der Waals surface area contributed by atoms with Crippen molar-refractivity contribution in [3.05, 3.63) is 17.1 Å². The molecule has 1 fully saturated rings. The molecule has 1 aliphatic carbocycles. The molecule has 0 aromatic carbocycles. The minimum atomic E-state index is -0.288. The van der Waals surface area contributed by atoms with Crippen molar-refractivity contribution in [3.8, 4) is 0 Å².